The van der Waals surface area contributed by atoms with Crippen molar-refractivity contribution in [2.24, 2.45) is 5.92 Å². The van der Waals surface area contributed by atoms with Gasteiger partial charge in [0.2, 0.25) is 0 Å². The van der Waals surface area contributed by atoms with Gasteiger partial charge in [-0.2, -0.15) is 10.2 Å². The average molecular weight is 457 g/mol. The van der Waals surface area contributed by atoms with Gasteiger partial charge in [-0.3, -0.25) is 9.59 Å². The predicted molar refractivity (Wildman–Crippen MR) is 130 cm³/mol. The molecule has 0 bridgehead atoms. The number of pyridine rings is 1. The minimum atomic E-state index is -0.211. The van der Waals surface area contributed by atoms with Crippen LogP contribution in [-0.2, 0) is 9.53 Å². The van der Waals surface area contributed by atoms with E-state index in [2.05, 4.69) is 0 Å². The first-order valence-electron chi connectivity index (χ1n) is 11.9. The van der Waals surface area contributed by atoms with Gasteiger partial charge in [0.1, 0.15) is 5.69 Å². The van der Waals surface area contributed by atoms with E-state index in [0.29, 0.717) is 18.7 Å². The minimum Gasteiger partial charge on any atom is -0.466 e. The molecular weight excluding hydrogens is 428 g/mol. The van der Waals surface area contributed by atoms with Crippen LogP contribution in [-0.4, -0.2) is 32.0 Å². The molecule has 2 atom stereocenters. The molecule has 3 aromatic heterocycles. The van der Waals surface area contributed by atoms with E-state index in [9.17, 15) is 9.59 Å². The van der Waals surface area contributed by atoms with Gasteiger partial charge >= 0.3 is 5.97 Å². The van der Waals surface area contributed by atoms with Crippen LogP contribution in [0.15, 0.2) is 71.7 Å². The lowest BCUT2D eigenvalue weighted by Crippen LogP contribution is -2.34. The van der Waals surface area contributed by atoms with E-state index in [1.54, 1.807) is 16.8 Å². The van der Waals surface area contributed by atoms with Crippen LogP contribution in [0.1, 0.15) is 45.1 Å². The molecule has 1 saturated carbocycles. The first-order valence-corrected chi connectivity index (χ1v) is 11.9. The number of carbonyl (C=O) groups excluding carboxylic acids is 1. The largest absolute Gasteiger partial charge is 0.466 e. The molecule has 1 aliphatic carbocycles. The van der Waals surface area contributed by atoms with Crippen molar-refractivity contribution in [3.8, 4) is 22.5 Å². The lowest BCUT2D eigenvalue weighted by Gasteiger charge is -2.31. The number of benzene rings is 1. The zero-order valence-electron chi connectivity index (χ0n) is 19.3. The lowest BCUT2D eigenvalue weighted by molar-refractivity contribution is -0.145. The summed E-state index contributed by atoms with van der Waals surface area (Å²) in [6.07, 6.45) is 5.98. The molecule has 174 valence electrons. The van der Waals surface area contributed by atoms with Crippen molar-refractivity contribution in [2.45, 2.75) is 45.1 Å². The summed E-state index contributed by atoms with van der Waals surface area (Å²) in [5.41, 5.74) is 4.15. The fraction of sp³-hybridized carbons (Fsp3) is 0.333. The number of rotatable bonds is 6. The number of carbonyl (C=O) groups is 1. The normalized spacial score (nSPS) is 18.1. The lowest BCUT2D eigenvalue weighted by atomic mass is 9.82. The molecule has 7 heteroatoms. The van der Waals surface area contributed by atoms with E-state index in [0.717, 1.165) is 48.0 Å². The van der Waals surface area contributed by atoms with E-state index < -0.39 is 0 Å². The van der Waals surface area contributed by atoms with Crippen LogP contribution in [0.5, 0.6) is 0 Å². The zero-order chi connectivity index (χ0) is 23.5. The summed E-state index contributed by atoms with van der Waals surface area (Å²) < 4.78 is 8.64. The molecule has 0 radical (unpaired) electrons. The average Bonchev–Trinajstić information content (AvgIpc) is 3.25. The fourth-order valence-corrected chi connectivity index (χ4v) is 5.03. The maximum Gasteiger partial charge on any atom is 0.306 e. The Bertz CT molecular complexity index is 1360. The number of fused-ring (bicyclic) bond motifs is 1. The Morgan fingerprint density at radius 2 is 1.79 bits per heavy atom. The fourth-order valence-electron chi connectivity index (χ4n) is 5.03. The van der Waals surface area contributed by atoms with Crippen LogP contribution >= 0.6 is 0 Å². The number of aromatic nitrogens is 4. The van der Waals surface area contributed by atoms with Crippen molar-refractivity contribution in [1.29, 1.82) is 0 Å². The topological polar surface area (TPSA) is 78.5 Å². The highest BCUT2D eigenvalue weighted by Crippen LogP contribution is 2.37. The van der Waals surface area contributed by atoms with E-state index in [1.165, 1.54) is 0 Å². The van der Waals surface area contributed by atoms with Gasteiger partial charge in [0, 0.05) is 17.8 Å². The standard InChI is InChI=1S/C27H28N4O3/c1-2-34-25(33)18-20-12-6-7-13-22(20)31-24(32)16-15-21(28-31)26-23-14-8-9-17-30(23)29-27(26)19-10-4-3-5-11-19/h3-5,8-11,14-17,20,22H,2,6-7,12-13,18H2,1H3/t20-,22+/m0/s1. The third kappa shape index (κ3) is 4.25. The Hall–Kier alpha value is -3.74. The van der Waals surface area contributed by atoms with E-state index in [-0.39, 0.29) is 23.5 Å². The summed E-state index contributed by atoms with van der Waals surface area (Å²) in [6.45, 7) is 2.17. The quantitative estimate of drug-likeness (QED) is 0.385. The van der Waals surface area contributed by atoms with Crippen LogP contribution in [0.3, 0.4) is 0 Å². The van der Waals surface area contributed by atoms with Crippen molar-refractivity contribution >= 4 is 11.5 Å². The number of hydrogen-bond acceptors (Lipinski definition) is 5. The van der Waals surface area contributed by atoms with Crippen LogP contribution in [0, 0.1) is 5.92 Å². The van der Waals surface area contributed by atoms with Crippen LogP contribution in [0.4, 0.5) is 0 Å². The maximum absolute atomic E-state index is 13.0. The SMILES string of the molecule is CCOC(=O)C[C@@H]1CCCC[C@H]1n1nc(-c2c(-c3ccccc3)nn3ccccc23)ccc1=O. The third-order valence-electron chi connectivity index (χ3n) is 6.59. The van der Waals surface area contributed by atoms with Gasteiger partial charge in [-0.1, -0.05) is 49.2 Å². The summed E-state index contributed by atoms with van der Waals surface area (Å²) >= 11 is 0. The van der Waals surface area contributed by atoms with Crippen molar-refractivity contribution in [3.63, 3.8) is 0 Å². The number of nitrogens with zero attached hydrogens (tertiary/aromatic N) is 4. The Balaban J connectivity index is 1.61. The third-order valence-corrected chi connectivity index (χ3v) is 6.59. The monoisotopic (exact) mass is 456 g/mol. The highest BCUT2D eigenvalue weighted by molar-refractivity contribution is 5.90. The molecule has 0 amide bonds. The summed E-state index contributed by atoms with van der Waals surface area (Å²) in [7, 11) is 0. The summed E-state index contributed by atoms with van der Waals surface area (Å²) in [5, 5.41) is 9.70. The van der Waals surface area contributed by atoms with E-state index >= 15 is 0 Å². The molecule has 7 nitrogen and oxygen atoms in total. The summed E-state index contributed by atoms with van der Waals surface area (Å²) in [4.78, 5) is 25.2. The second-order valence-electron chi connectivity index (χ2n) is 8.74. The van der Waals surface area contributed by atoms with Crippen molar-refractivity contribution in [1.82, 2.24) is 19.4 Å². The molecular formula is C27H28N4O3. The van der Waals surface area contributed by atoms with Gasteiger partial charge in [-0.25, -0.2) is 9.20 Å². The Morgan fingerprint density at radius 1 is 1.00 bits per heavy atom. The highest BCUT2D eigenvalue weighted by atomic mass is 16.5. The van der Waals surface area contributed by atoms with Crippen molar-refractivity contribution in [2.75, 3.05) is 6.61 Å². The first kappa shape index (κ1) is 22.1. The van der Waals surface area contributed by atoms with Gasteiger partial charge in [-0.15, -0.1) is 0 Å². The zero-order valence-corrected chi connectivity index (χ0v) is 19.3. The Labute approximate surface area is 198 Å². The first-order chi connectivity index (χ1) is 16.7. The van der Waals surface area contributed by atoms with Crippen molar-refractivity contribution in [3.05, 3.63) is 77.2 Å². The van der Waals surface area contributed by atoms with Gasteiger partial charge in [0.15, 0.2) is 0 Å². The molecule has 0 unspecified atom stereocenters. The Morgan fingerprint density at radius 3 is 2.62 bits per heavy atom. The van der Waals surface area contributed by atoms with Crippen LogP contribution in [0.25, 0.3) is 28.0 Å². The molecule has 1 aromatic carbocycles. The molecule has 5 rings (SSSR count). The second-order valence-corrected chi connectivity index (χ2v) is 8.74. The molecule has 0 spiro atoms. The molecule has 1 fully saturated rings. The molecule has 4 aromatic rings. The van der Waals surface area contributed by atoms with Crippen LogP contribution in [0.2, 0.25) is 0 Å². The molecule has 34 heavy (non-hydrogen) atoms. The minimum absolute atomic E-state index is 0.0331. The number of esters is 1. The molecule has 0 saturated heterocycles. The van der Waals surface area contributed by atoms with Gasteiger partial charge < -0.3 is 4.74 Å². The second kappa shape index (κ2) is 9.63. The predicted octanol–water partition coefficient (Wildman–Crippen LogP) is 4.91. The molecule has 3 heterocycles. The molecule has 1 aliphatic rings. The number of ether oxygens (including phenoxy) is 1. The van der Waals surface area contributed by atoms with Crippen molar-refractivity contribution < 1.29 is 9.53 Å². The smallest absolute Gasteiger partial charge is 0.306 e. The van der Waals surface area contributed by atoms with Crippen LogP contribution < -0.4 is 5.56 Å². The van der Waals surface area contributed by atoms with E-state index in [4.69, 9.17) is 14.9 Å². The maximum atomic E-state index is 13.0. The summed E-state index contributed by atoms with van der Waals surface area (Å²) in [6, 6.07) is 19.1. The summed E-state index contributed by atoms with van der Waals surface area (Å²) in [5.74, 6) is -0.177. The van der Waals surface area contributed by atoms with E-state index in [1.807, 2.05) is 66.2 Å². The van der Waals surface area contributed by atoms with Gasteiger partial charge in [-0.05, 0) is 43.9 Å². The molecule has 0 N–H and O–H groups in total. The molecule has 0 aliphatic heterocycles. The van der Waals surface area contributed by atoms with Gasteiger partial charge in [0.05, 0.1) is 35.8 Å². The number of hydrogen-bond donors (Lipinski definition) is 0. The van der Waals surface area contributed by atoms with Gasteiger partial charge in [0.25, 0.3) is 5.56 Å². The Kier molecular flexibility index (Phi) is 6.25. The highest BCUT2D eigenvalue weighted by Gasteiger charge is 2.31.